The van der Waals surface area contributed by atoms with E-state index < -0.39 is 0 Å². The van der Waals surface area contributed by atoms with Crippen molar-refractivity contribution in [3.63, 3.8) is 0 Å². The van der Waals surface area contributed by atoms with Crippen molar-refractivity contribution in [1.29, 1.82) is 0 Å². The Bertz CT molecular complexity index is 1080. The van der Waals surface area contributed by atoms with Gasteiger partial charge in [-0.2, -0.15) is 0 Å². The molecule has 0 atom stereocenters. The molecule has 260 valence electrons. The predicted octanol–water partition coefficient (Wildman–Crippen LogP) is 2.73. The number of amides is 2. The van der Waals surface area contributed by atoms with Crippen molar-refractivity contribution in [1.82, 2.24) is 40.6 Å². The average molecular weight is 649 g/mol. The summed E-state index contributed by atoms with van der Waals surface area (Å²) in [7, 11) is 0. The molecule has 0 bridgehead atoms. The van der Waals surface area contributed by atoms with E-state index in [0.717, 1.165) is 18.5 Å². The summed E-state index contributed by atoms with van der Waals surface area (Å²) in [6.07, 6.45) is 7.01. The minimum absolute atomic E-state index is 0.0573. The zero-order chi connectivity index (χ0) is 34.5. The molecule has 0 fully saturated rings. The minimum atomic E-state index is -0.0810. The lowest BCUT2D eigenvalue weighted by Gasteiger charge is -2.07. The summed E-state index contributed by atoms with van der Waals surface area (Å²) in [6.45, 7) is 18.2. The molecular formula is C32H56N8O6. The molecule has 0 aromatic carbocycles. The van der Waals surface area contributed by atoms with Gasteiger partial charge in [0.05, 0.1) is 37.6 Å². The fraction of sp³-hybridized carbons (Fsp3) is 0.750. The quantitative estimate of drug-likeness (QED) is 0.181. The number of rotatable bonds is 22. The molecule has 0 aliphatic rings. The molecule has 2 N–H and O–H groups in total. The molecule has 0 aliphatic carbocycles. The predicted molar refractivity (Wildman–Crippen MR) is 174 cm³/mol. The van der Waals surface area contributed by atoms with Crippen LogP contribution in [-0.4, -0.2) is 91.9 Å². The van der Waals surface area contributed by atoms with Gasteiger partial charge in [-0.15, -0.1) is 10.2 Å². The number of Topliss-reactive ketones (excluding diaryl/α,β-unsaturated/α-hetero) is 2. The van der Waals surface area contributed by atoms with Gasteiger partial charge in [-0.3, -0.25) is 19.2 Å². The molecule has 46 heavy (non-hydrogen) atoms. The zero-order valence-electron chi connectivity index (χ0n) is 29.1. The highest BCUT2D eigenvalue weighted by Gasteiger charge is 2.10. The third-order valence-corrected chi connectivity index (χ3v) is 6.40. The van der Waals surface area contributed by atoms with Crippen LogP contribution >= 0.6 is 0 Å². The number of ether oxygens (including phenoxy) is 2. The first kappa shape index (κ1) is 40.5. The highest BCUT2D eigenvalue weighted by molar-refractivity contribution is 5.80. The number of nitrogens with zero attached hydrogens (tertiary/aromatic N) is 6. The summed E-state index contributed by atoms with van der Waals surface area (Å²) in [5, 5.41) is 21.5. The molecule has 0 spiro atoms. The van der Waals surface area contributed by atoms with Gasteiger partial charge in [0, 0.05) is 68.8 Å². The van der Waals surface area contributed by atoms with E-state index in [1.807, 2.05) is 55.4 Å². The van der Waals surface area contributed by atoms with Crippen LogP contribution in [-0.2, 0) is 54.6 Å². The summed E-state index contributed by atoms with van der Waals surface area (Å²) in [4.78, 5) is 46.1. The van der Waals surface area contributed by atoms with Gasteiger partial charge in [0.25, 0.3) is 0 Å². The standard InChI is InChI=1S/2C16H28N4O3/c1-12(2)15(21)6-5-8-23-9-7-20-11-14(18-19-20)10-16(22)17-13(3)4;1-12(2)15(21)6-5-8-23-9-7-14-10-20(19-18-14)11-16(22)17-13(3)4/h11-13H,5-10H2,1-4H3,(H,17,22);10,12-13H,5-9,11H2,1-4H3,(H,17,22). The van der Waals surface area contributed by atoms with Crippen molar-refractivity contribution in [3.8, 4) is 0 Å². The van der Waals surface area contributed by atoms with Crippen LogP contribution in [0.15, 0.2) is 12.4 Å². The molecule has 14 heteroatoms. The zero-order valence-corrected chi connectivity index (χ0v) is 29.1. The molecule has 2 rings (SSSR count). The van der Waals surface area contributed by atoms with E-state index in [9.17, 15) is 19.2 Å². The van der Waals surface area contributed by atoms with Crippen molar-refractivity contribution >= 4 is 23.4 Å². The molecule has 0 saturated heterocycles. The Balaban J connectivity index is 0.000000460. The second kappa shape index (κ2) is 22.9. The first-order valence-corrected chi connectivity index (χ1v) is 16.3. The van der Waals surface area contributed by atoms with Crippen LogP contribution < -0.4 is 10.6 Å². The number of hydrogen-bond acceptors (Lipinski definition) is 10. The van der Waals surface area contributed by atoms with E-state index in [2.05, 4.69) is 31.3 Å². The molecule has 2 aromatic heterocycles. The van der Waals surface area contributed by atoms with Crippen LogP contribution in [0.4, 0.5) is 0 Å². The molecule has 0 aliphatic heterocycles. The lowest BCUT2D eigenvalue weighted by Crippen LogP contribution is -2.33. The third-order valence-electron chi connectivity index (χ3n) is 6.40. The molecule has 0 saturated carbocycles. The van der Waals surface area contributed by atoms with Crippen molar-refractivity contribution in [2.45, 2.75) is 119 Å². The van der Waals surface area contributed by atoms with E-state index in [-0.39, 0.29) is 60.3 Å². The van der Waals surface area contributed by atoms with Gasteiger partial charge in [-0.25, -0.2) is 9.36 Å². The van der Waals surface area contributed by atoms with Crippen molar-refractivity contribution in [2.24, 2.45) is 11.8 Å². The molecular weight excluding hydrogens is 592 g/mol. The summed E-state index contributed by atoms with van der Waals surface area (Å²) in [6, 6.07) is 0.231. The summed E-state index contributed by atoms with van der Waals surface area (Å²) < 4.78 is 14.2. The number of aromatic nitrogens is 6. The Kier molecular flexibility index (Phi) is 20.2. The average Bonchev–Trinajstić information content (AvgIpc) is 3.60. The van der Waals surface area contributed by atoms with Crippen molar-refractivity contribution in [3.05, 3.63) is 23.8 Å². The van der Waals surface area contributed by atoms with Crippen molar-refractivity contribution < 1.29 is 28.7 Å². The van der Waals surface area contributed by atoms with Gasteiger partial charge in [0.15, 0.2) is 0 Å². The topological polar surface area (TPSA) is 172 Å². The normalized spacial score (nSPS) is 11.2. The third kappa shape index (κ3) is 19.8. The largest absolute Gasteiger partial charge is 0.381 e. The highest BCUT2D eigenvalue weighted by Crippen LogP contribution is 2.04. The number of nitrogens with one attached hydrogen (secondary N) is 2. The Hall–Kier alpha value is -3.52. The number of carbonyl (C=O) groups is 4. The lowest BCUT2D eigenvalue weighted by molar-refractivity contribution is -0.123. The molecule has 14 nitrogen and oxygen atoms in total. The van der Waals surface area contributed by atoms with E-state index in [4.69, 9.17) is 9.47 Å². The maximum absolute atomic E-state index is 11.6. The number of hydrogen-bond donors (Lipinski definition) is 2. The molecule has 2 amide bonds. The summed E-state index contributed by atoms with van der Waals surface area (Å²) in [5.41, 5.74) is 1.44. The minimum Gasteiger partial charge on any atom is -0.381 e. The Morgan fingerprint density at radius 2 is 1.17 bits per heavy atom. The second-order valence-corrected chi connectivity index (χ2v) is 12.4. The fourth-order valence-corrected chi connectivity index (χ4v) is 3.92. The van der Waals surface area contributed by atoms with Gasteiger partial charge >= 0.3 is 0 Å². The molecule has 2 heterocycles. The van der Waals surface area contributed by atoms with E-state index in [0.29, 0.717) is 57.9 Å². The molecule has 0 unspecified atom stereocenters. The van der Waals surface area contributed by atoms with Crippen LogP contribution in [0, 0.1) is 11.8 Å². The number of carbonyl (C=O) groups excluding carboxylic acids is 4. The van der Waals surface area contributed by atoms with Gasteiger partial charge in [-0.1, -0.05) is 38.1 Å². The van der Waals surface area contributed by atoms with Gasteiger partial charge < -0.3 is 20.1 Å². The van der Waals surface area contributed by atoms with Crippen LogP contribution in [0.3, 0.4) is 0 Å². The fourth-order valence-electron chi connectivity index (χ4n) is 3.92. The van der Waals surface area contributed by atoms with Crippen molar-refractivity contribution in [2.75, 3.05) is 26.4 Å². The van der Waals surface area contributed by atoms with Gasteiger partial charge in [0.1, 0.15) is 18.1 Å². The second-order valence-electron chi connectivity index (χ2n) is 12.4. The SMILES string of the molecule is CC(C)NC(=O)Cc1cn(CCOCCCC(=O)C(C)C)nn1.CC(C)NC(=O)Cn1cc(CCOCCCC(=O)C(C)C)nn1. The highest BCUT2D eigenvalue weighted by atomic mass is 16.5. The van der Waals surface area contributed by atoms with Gasteiger partial charge in [-0.05, 0) is 40.5 Å². The first-order valence-electron chi connectivity index (χ1n) is 16.3. The van der Waals surface area contributed by atoms with Crippen LogP contribution in [0.5, 0.6) is 0 Å². The lowest BCUT2D eigenvalue weighted by atomic mass is 10.1. The maximum atomic E-state index is 11.6. The summed E-state index contributed by atoms with van der Waals surface area (Å²) >= 11 is 0. The summed E-state index contributed by atoms with van der Waals surface area (Å²) in [5.74, 6) is 0.598. The van der Waals surface area contributed by atoms with E-state index >= 15 is 0 Å². The Labute approximate surface area is 273 Å². The smallest absolute Gasteiger partial charge is 0.241 e. The monoisotopic (exact) mass is 648 g/mol. The molecule has 2 aromatic rings. The van der Waals surface area contributed by atoms with Crippen LogP contribution in [0.2, 0.25) is 0 Å². The van der Waals surface area contributed by atoms with Gasteiger partial charge in [0.2, 0.25) is 11.8 Å². The Morgan fingerprint density at radius 3 is 1.74 bits per heavy atom. The van der Waals surface area contributed by atoms with Crippen LogP contribution in [0.1, 0.15) is 92.5 Å². The van der Waals surface area contributed by atoms with Crippen LogP contribution in [0.25, 0.3) is 0 Å². The number of ketones is 2. The first-order chi connectivity index (χ1) is 21.8. The molecule has 0 radical (unpaired) electrons. The maximum Gasteiger partial charge on any atom is 0.241 e. The van der Waals surface area contributed by atoms with E-state index in [1.54, 1.807) is 17.1 Å². The Morgan fingerprint density at radius 1 is 0.674 bits per heavy atom. The van der Waals surface area contributed by atoms with E-state index in [1.165, 1.54) is 4.68 Å².